The average Bonchev–Trinajstić information content (AvgIpc) is 3.01. The Morgan fingerprint density at radius 3 is 2.62 bits per heavy atom. The van der Waals surface area contributed by atoms with Crippen molar-refractivity contribution >= 4 is 17.9 Å². The molecule has 1 aromatic carbocycles. The first-order chi connectivity index (χ1) is 15.3. The maximum Gasteiger partial charge on any atom is 0.233 e. The van der Waals surface area contributed by atoms with Crippen LogP contribution < -0.4 is 0 Å². The molecule has 4 N–H and O–H groups in total. The smallest absolute Gasteiger partial charge is 0.233 e. The Labute approximate surface area is 188 Å². The second-order valence-corrected chi connectivity index (χ2v) is 8.81. The van der Waals surface area contributed by atoms with E-state index in [9.17, 15) is 30.0 Å². The van der Waals surface area contributed by atoms with Crippen molar-refractivity contribution in [2.45, 2.75) is 45.6 Å². The lowest BCUT2D eigenvalue weighted by atomic mass is 9.68. The van der Waals surface area contributed by atoms with Crippen LogP contribution in [0.2, 0.25) is 0 Å². The Morgan fingerprint density at radius 1 is 1.25 bits per heavy atom. The molecule has 3 rings (SSSR count). The zero-order chi connectivity index (χ0) is 23.4. The summed E-state index contributed by atoms with van der Waals surface area (Å²) in [4.78, 5) is 27.0. The van der Waals surface area contributed by atoms with Crippen LogP contribution in [0.1, 0.15) is 45.1 Å². The summed E-state index contributed by atoms with van der Waals surface area (Å²) in [6, 6.07) is 6.88. The van der Waals surface area contributed by atoms with Crippen LogP contribution in [0.15, 0.2) is 41.0 Å². The molecule has 1 aliphatic heterocycles. The van der Waals surface area contributed by atoms with Gasteiger partial charge in [-0.3, -0.25) is 14.5 Å². The standard InChI is InChI=1S/C25H33NO6/c1-3-9-26-24(31)19-12-17(13-27)22(20(14-28)23(19)25(26)32)21(30)8-7-15(2)10-16-5-4-6-18(29)11-16/h4-6,10-11,19-21,23,27-30H,3,7-9,12-14H2,1-2H3/b15-10+/t19-,20+,21-,23-/m1/s1. The van der Waals surface area contributed by atoms with Gasteiger partial charge in [0.25, 0.3) is 0 Å². The fourth-order valence-electron chi connectivity index (χ4n) is 5.11. The third-order valence-electron chi connectivity index (χ3n) is 6.56. The Hall–Kier alpha value is -2.48. The lowest BCUT2D eigenvalue weighted by Gasteiger charge is -2.36. The number of phenolic OH excluding ortho intramolecular Hbond substituents is 1. The number of benzene rings is 1. The van der Waals surface area contributed by atoms with Gasteiger partial charge in [0.2, 0.25) is 11.8 Å². The molecule has 7 nitrogen and oxygen atoms in total. The van der Waals surface area contributed by atoms with Gasteiger partial charge in [-0.25, -0.2) is 0 Å². The highest BCUT2D eigenvalue weighted by Gasteiger charge is 2.54. The topological polar surface area (TPSA) is 118 Å². The van der Waals surface area contributed by atoms with Gasteiger partial charge in [-0.05, 0) is 61.4 Å². The molecule has 1 heterocycles. The number of carbonyl (C=O) groups is 2. The second-order valence-electron chi connectivity index (χ2n) is 8.81. The van der Waals surface area contributed by atoms with Gasteiger partial charge >= 0.3 is 0 Å². The van der Waals surface area contributed by atoms with Crippen LogP contribution in [0.25, 0.3) is 6.08 Å². The van der Waals surface area contributed by atoms with E-state index in [1.54, 1.807) is 18.2 Å². The fraction of sp³-hybridized carbons (Fsp3) is 0.520. The summed E-state index contributed by atoms with van der Waals surface area (Å²) in [6.07, 6.45) is 2.78. The van der Waals surface area contributed by atoms with Gasteiger partial charge in [-0.1, -0.05) is 30.7 Å². The lowest BCUT2D eigenvalue weighted by molar-refractivity contribution is -0.140. The first-order valence-corrected chi connectivity index (χ1v) is 11.2. The molecule has 4 atom stereocenters. The van der Waals surface area contributed by atoms with Crippen molar-refractivity contribution in [3.05, 3.63) is 46.5 Å². The zero-order valence-corrected chi connectivity index (χ0v) is 18.7. The predicted molar refractivity (Wildman–Crippen MR) is 120 cm³/mol. The van der Waals surface area contributed by atoms with Crippen LogP contribution >= 0.6 is 0 Å². The number of aromatic hydroxyl groups is 1. The summed E-state index contributed by atoms with van der Waals surface area (Å²) in [5, 5.41) is 40.7. The van der Waals surface area contributed by atoms with Crippen LogP contribution in [0, 0.1) is 17.8 Å². The second kappa shape index (κ2) is 10.4. The van der Waals surface area contributed by atoms with Crippen LogP contribution in [-0.4, -0.2) is 63.0 Å². The number of imide groups is 1. The molecule has 1 aliphatic carbocycles. The molecule has 2 aliphatic rings. The van der Waals surface area contributed by atoms with Crippen molar-refractivity contribution in [3.63, 3.8) is 0 Å². The van der Waals surface area contributed by atoms with Crippen molar-refractivity contribution < 1.29 is 30.0 Å². The Balaban J connectivity index is 1.79. The van der Waals surface area contributed by atoms with Gasteiger partial charge < -0.3 is 20.4 Å². The molecule has 1 fully saturated rings. The van der Waals surface area contributed by atoms with Gasteiger partial charge in [0.1, 0.15) is 5.75 Å². The number of aliphatic hydroxyl groups excluding tert-OH is 3. The normalized spacial score (nSPS) is 24.8. The SMILES string of the molecule is CCCN1C(=O)[C@@H]2[C@@H](CC(CO)=C([C@H](O)CC/C(C)=C/c3cccc(O)c3)[C@@H]2CO)C1=O. The van der Waals surface area contributed by atoms with Crippen molar-refractivity contribution in [2.24, 2.45) is 17.8 Å². The Bertz CT molecular complexity index is 921. The van der Waals surface area contributed by atoms with E-state index >= 15 is 0 Å². The molecule has 2 amide bonds. The molecule has 0 spiro atoms. The van der Waals surface area contributed by atoms with Crippen molar-refractivity contribution in [3.8, 4) is 5.75 Å². The van der Waals surface area contributed by atoms with Crippen LogP contribution in [0.4, 0.5) is 0 Å². The summed E-state index contributed by atoms with van der Waals surface area (Å²) in [6.45, 7) is 3.48. The van der Waals surface area contributed by atoms with Crippen LogP contribution in [0.3, 0.4) is 0 Å². The number of hydrogen-bond donors (Lipinski definition) is 4. The number of phenols is 1. The van der Waals surface area contributed by atoms with Crippen LogP contribution in [-0.2, 0) is 9.59 Å². The quantitative estimate of drug-likeness (QED) is 0.343. The van der Waals surface area contributed by atoms with Gasteiger partial charge in [-0.2, -0.15) is 0 Å². The summed E-state index contributed by atoms with van der Waals surface area (Å²) < 4.78 is 0. The molecule has 0 bridgehead atoms. The van der Waals surface area contributed by atoms with E-state index in [1.165, 1.54) is 4.90 Å². The molecule has 0 radical (unpaired) electrons. The van der Waals surface area contributed by atoms with Gasteiger partial charge in [0, 0.05) is 12.5 Å². The first-order valence-electron chi connectivity index (χ1n) is 11.2. The van der Waals surface area contributed by atoms with Gasteiger partial charge in [-0.15, -0.1) is 0 Å². The number of allylic oxidation sites excluding steroid dienone is 1. The number of fused-ring (bicyclic) bond motifs is 1. The van der Waals surface area contributed by atoms with Crippen molar-refractivity contribution in [1.29, 1.82) is 0 Å². The van der Waals surface area contributed by atoms with Gasteiger partial charge in [0.05, 0.1) is 31.2 Å². The number of amides is 2. The monoisotopic (exact) mass is 443 g/mol. The minimum atomic E-state index is -0.939. The molecule has 32 heavy (non-hydrogen) atoms. The summed E-state index contributed by atoms with van der Waals surface area (Å²) in [5.74, 6) is -2.31. The van der Waals surface area contributed by atoms with E-state index in [0.29, 0.717) is 37.0 Å². The lowest BCUT2D eigenvalue weighted by Crippen LogP contribution is -2.39. The number of hydrogen-bond acceptors (Lipinski definition) is 6. The molecule has 0 aromatic heterocycles. The molecule has 1 saturated heterocycles. The number of carbonyl (C=O) groups excluding carboxylic acids is 2. The molecule has 0 saturated carbocycles. The van der Waals surface area contributed by atoms with E-state index in [0.717, 1.165) is 11.1 Å². The summed E-state index contributed by atoms with van der Waals surface area (Å²) in [5.41, 5.74) is 2.90. The largest absolute Gasteiger partial charge is 0.508 e. The highest BCUT2D eigenvalue weighted by atomic mass is 16.3. The third-order valence-corrected chi connectivity index (χ3v) is 6.56. The summed E-state index contributed by atoms with van der Waals surface area (Å²) in [7, 11) is 0. The number of likely N-dealkylation sites (tertiary alicyclic amines) is 1. The predicted octanol–water partition coefficient (Wildman–Crippen LogP) is 2.25. The number of rotatable bonds is 9. The maximum absolute atomic E-state index is 13.0. The number of nitrogens with zero attached hydrogens (tertiary/aromatic N) is 1. The highest BCUT2D eigenvalue weighted by Crippen LogP contribution is 2.46. The molecular formula is C25H33NO6. The van der Waals surface area contributed by atoms with Gasteiger partial charge in [0.15, 0.2) is 0 Å². The minimum Gasteiger partial charge on any atom is -0.508 e. The highest BCUT2D eigenvalue weighted by molar-refractivity contribution is 6.05. The molecule has 174 valence electrons. The third kappa shape index (κ3) is 4.80. The zero-order valence-electron chi connectivity index (χ0n) is 18.7. The maximum atomic E-state index is 13.0. The average molecular weight is 444 g/mol. The van der Waals surface area contributed by atoms with E-state index < -0.39 is 23.9 Å². The molecule has 7 heteroatoms. The van der Waals surface area contributed by atoms with Crippen molar-refractivity contribution in [2.75, 3.05) is 19.8 Å². The molecular weight excluding hydrogens is 410 g/mol. The van der Waals surface area contributed by atoms with E-state index in [4.69, 9.17) is 0 Å². The number of aliphatic hydroxyl groups is 3. The summed E-state index contributed by atoms with van der Waals surface area (Å²) >= 11 is 0. The minimum absolute atomic E-state index is 0.180. The van der Waals surface area contributed by atoms with E-state index in [-0.39, 0.29) is 37.2 Å². The van der Waals surface area contributed by atoms with Crippen LogP contribution in [0.5, 0.6) is 5.75 Å². The Kier molecular flexibility index (Phi) is 7.87. The first kappa shape index (κ1) is 24.2. The molecule has 1 aromatic rings. The Morgan fingerprint density at radius 2 is 2.00 bits per heavy atom. The molecule has 0 unspecified atom stereocenters. The fourth-order valence-corrected chi connectivity index (χ4v) is 5.11. The van der Waals surface area contributed by atoms with E-state index in [1.807, 2.05) is 26.0 Å². The van der Waals surface area contributed by atoms with E-state index in [2.05, 4.69) is 0 Å². The van der Waals surface area contributed by atoms with Crippen molar-refractivity contribution in [1.82, 2.24) is 4.90 Å².